The average Bonchev–Trinajstić information content (AvgIpc) is 2.75. The largest absolute Gasteiger partial charge is 0.319 e. The minimum atomic E-state index is -3.83. The highest BCUT2D eigenvalue weighted by atomic mass is 32.2. The topological polar surface area (TPSA) is 66.5 Å². The Bertz CT molecular complexity index is 1180. The summed E-state index contributed by atoms with van der Waals surface area (Å²) in [5.74, 6) is -1.14. The molecule has 1 aliphatic rings. The van der Waals surface area contributed by atoms with Crippen molar-refractivity contribution in [1.29, 1.82) is 0 Å². The maximum atomic E-state index is 13.8. The normalized spacial score (nSPS) is 13.6. The van der Waals surface area contributed by atoms with E-state index in [1.165, 1.54) is 46.8 Å². The third-order valence-electron chi connectivity index (χ3n) is 4.87. The van der Waals surface area contributed by atoms with Crippen molar-refractivity contribution in [1.82, 2.24) is 0 Å². The fourth-order valence-corrected chi connectivity index (χ4v) is 5.02. The summed E-state index contributed by atoms with van der Waals surface area (Å²) in [5, 5.41) is 2.48. The van der Waals surface area contributed by atoms with E-state index in [2.05, 4.69) is 5.32 Å². The monoisotopic (exact) mass is 410 g/mol. The number of carbonyl (C=O) groups excluding carboxylic acids is 1. The van der Waals surface area contributed by atoms with Gasteiger partial charge in [-0.1, -0.05) is 36.4 Å². The van der Waals surface area contributed by atoms with Crippen LogP contribution in [0, 0.1) is 5.82 Å². The van der Waals surface area contributed by atoms with Gasteiger partial charge in [-0.05, 0) is 54.8 Å². The highest BCUT2D eigenvalue weighted by Crippen LogP contribution is 2.32. The number of sulfonamides is 1. The minimum absolute atomic E-state index is 0.0235. The highest BCUT2D eigenvalue weighted by Gasteiger charge is 2.29. The molecule has 1 amide bonds. The predicted molar refractivity (Wildman–Crippen MR) is 110 cm³/mol. The van der Waals surface area contributed by atoms with E-state index in [-0.39, 0.29) is 16.1 Å². The molecule has 7 heteroatoms. The van der Waals surface area contributed by atoms with Crippen LogP contribution >= 0.6 is 0 Å². The Morgan fingerprint density at radius 2 is 1.72 bits per heavy atom. The molecule has 29 heavy (non-hydrogen) atoms. The van der Waals surface area contributed by atoms with Gasteiger partial charge in [0, 0.05) is 12.1 Å². The van der Waals surface area contributed by atoms with Crippen LogP contribution in [-0.2, 0) is 16.4 Å². The molecule has 5 nitrogen and oxygen atoms in total. The number of nitrogens with one attached hydrogen (secondary N) is 1. The van der Waals surface area contributed by atoms with Gasteiger partial charge in [0.15, 0.2) is 0 Å². The summed E-state index contributed by atoms with van der Waals surface area (Å²) in [6.45, 7) is 0.380. The molecular formula is C22H19FN2O3S. The van der Waals surface area contributed by atoms with Crippen LogP contribution in [0.25, 0.3) is 0 Å². The van der Waals surface area contributed by atoms with Gasteiger partial charge in [0.05, 0.1) is 16.3 Å². The van der Waals surface area contributed by atoms with E-state index in [0.717, 1.165) is 18.4 Å². The van der Waals surface area contributed by atoms with Crippen molar-refractivity contribution in [2.45, 2.75) is 17.7 Å². The third kappa shape index (κ3) is 3.73. The summed E-state index contributed by atoms with van der Waals surface area (Å²) in [5.41, 5.74) is 1.83. The van der Waals surface area contributed by atoms with Crippen molar-refractivity contribution >= 4 is 27.3 Å². The number of aryl methyl sites for hydroxylation is 1. The number of anilines is 2. The molecule has 0 atom stereocenters. The molecule has 3 aromatic carbocycles. The number of para-hydroxylation sites is 2. The molecule has 0 unspecified atom stereocenters. The van der Waals surface area contributed by atoms with Gasteiger partial charge in [0.1, 0.15) is 5.82 Å². The van der Waals surface area contributed by atoms with E-state index in [9.17, 15) is 17.6 Å². The number of halogens is 1. The molecule has 0 saturated carbocycles. The second-order valence-electron chi connectivity index (χ2n) is 6.77. The van der Waals surface area contributed by atoms with Crippen molar-refractivity contribution in [2.75, 3.05) is 16.2 Å². The Morgan fingerprint density at radius 1 is 0.966 bits per heavy atom. The molecule has 1 aliphatic heterocycles. The molecular weight excluding hydrogens is 391 g/mol. The first-order valence-corrected chi connectivity index (χ1v) is 10.7. The molecule has 1 N–H and O–H groups in total. The molecule has 4 rings (SSSR count). The Morgan fingerprint density at radius 3 is 2.55 bits per heavy atom. The van der Waals surface area contributed by atoms with Gasteiger partial charge >= 0.3 is 0 Å². The lowest BCUT2D eigenvalue weighted by atomic mass is 10.0. The van der Waals surface area contributed by atoms with Crippen LogP contribution in [0.5, 0.6) is 0 Å². The summed E-state index contributed by atoms with van der Waals surface area (Å²) < 4.78 is 41.7. The van der Waals surface area contributed by atoms with Crippen molar-refractivity contribution in [2.24, 2.45) is 0 Å². The molecule has 148 valence electrons. The lowest BCUT2D eigenvalue weighted by molar-refractivity contribution is 0.102. The number of hydrogen-bond donors (Lipinski definition) is 1. The fraction of sp³-hybridized carbons (Fsp3) is 0.136. The Hall–Kier alpha value is -3.19. The second kappa shape index (κ2) is 7.67. The first kappa shape index (κ1) is 19.1. The lowest BCUT2D eigenvalue weighted by Gasteiger charge is -2.30. The van der Waals surface area contributed by atoms with Crippen molar-refractivity contribution in [3.63, 3.8) is 0 Å². The molecule has 0 spiro atoms. The van der Waals surface area contributed by atoms with Crippen LogP contribution in [0.4, 0.5) is 15.8 Å². The first-order valence-electron chi connectivity index (χ1n) is 9.23. The number of nitrogens with zero attached hydrogens (tertiary/aromatic N) is 1. The number of fused-ring (bicyclic) bond motifs is 1. The smallest absolute Gasteiger partial charge is 0.264 e. The molecule has 1 heterocycles. The fourth-order valence-electron chi connectivity index (χ4n) is 3.43. The summed E-state index contributed by atoms with van der Waals surface area (Å²) in [6.07, 6.45) is 1.55. The Kier molecular flexibility index (Phi) is 5.07. The van der Waals surface area contributed by atoms with E-state index in [1.54, 1.807) is 12.1 Å². The van der Waals surface area contributed by atoms with E-state index in [4.69, 9.17) is 0 Å². The van der Waals surface area contributed by atoms with Crippen LogP contribution in [0.15, 0.2) is 77.7 Å². The Balaban J connectivity index is 1.65. The molecule has 0 aliphatic carbocycles. The quantitative estimate of drug-likeness (QED) is 0.700. The van der Waals surface area contributed by atoms with Crippen LogP contribution in [0.2, 0.25) is 0 Å². The number of amides is 1. The zero-order valence-corrected chi connectivity index (χ0v) is 16.3. The highest BCUT2D eigenvalue weighted by molar-refractivity contribution is 7.92. The number of carbonyl (C=O) groups is 1. The van der Waals surface area contributed by atoms with Crippen LogP contribution in [0.1, 0.15) is 22.3 Å². The minimum Gasteiger partial charge on any atom is -0.319 e. The van der Waals surface area contributed by atoms with E-state index in [0.29, 0.717) is 12.2 Å². The van der Waals surface area contributed by atoms with E-state index < -0.39 is 21.7 Å². The van der Waals surface area contributed by atoms with Crippen molar-refractivity contribution in [3.8, 4) is 0 Å². The van der Waals surface area contributed by atoms with Crippen molar-refractivity contribution in [3.05, 3.63) is 89.7 Å². The number of hydrogen-bond acceptors (Lipinski definition) is 3. The first-order chi connectivity index (χ1) is 14.0. The summed E-state index contributed by atoms with van der Waals surface area (Å²) in [7, 11) is -3.83. The van der Waals surface area contributed by atoms with E-state index in [1.807, 2.05) is 18.2 Å². The number of benzene rings is 3. The van der Waals surface area contributed by atoms with E-state index >= 15 is 0 Å². The standard InChI is InChI=1S/C22H19FN2O3S/c23-19-11-2-3-12-20(19)24-22(26)17-8-5-10-18(15-17)29(27,28)25-14-6-9-16-7-1-4-13-21(16)25/h1-5,7-8,10-13,15H,6,9,14H2,(H,24,26). The van der Waals surface area contributed by atoms with Gasteiger partial charge in [-0.2, -0.15) is 0 Å². The third-order valence-corrected chi connectivity index (χ3v) is 6.68. The van der Waals surface area contributed by atoms with Gasteiger partial charge in [0.25, 0.3) is 15.9 Å². The molecule has 0 bridgehead atoms. The molecule has 0 aromatic heterocycles. The van der Waals surface area contributed by atoms with Crippen molar-refractivity contribution < 1.29 is 17.6 Å². The molecule has 0 radical (unpaired) electrons. The average molecular weight is 410 g/mol. The van der Waals surface area contributed by atoms with Crippen LogP contribution in [0.3, 0.4) is 0 Å². The molecule has 0 saturated heterocycles. The zero-order chi connectivity index (χ0) is 20.4. The van der Waals surface area contributed by atoms with Gasteiger partial charge in [-0.15, -0.1) is 0 Å². The van der Waals surface area contributed by atoms with Gasteiger partial charge in [-0.25, -0.2) is 12.8 Å². The summed E-state index contributed by atoms with van der Waals surface area (Å²) in [4.78, 5) is 12.6. The zero-order valence-electron chi connectivity index (χ0n) is 15.5. The summed E-state index contributed by atoms with van der Waals surface area (Å²) >= 11 is 0. The van der Waals surface area contributed by atoms with Crippen LogP contribution in [-0.4, -0.2) is 20.9 Å². The van der Waals surface area contributed by atoms with Crippen LogP contribution < -0.4 is 9.62 Å². The number of rotatable bonds is 4. The molecule has 3 aromatic rings. The second-order valence-corrected chi connectivity index (χ2v) is 8.63. The Labute approximate surface area is 168 Å². The molecule has 0 fully saturated rings. The van der Waals surface area contributed by atoms with Gasteiger partial charge in [-0.3, -0.25) is 9.10 Å². The maximum absolute atomic E-state index is 13.8. The van der Waals surface area contributed by atoms with Gasteiger partial charge in [0.2, 0.25) is 0 Å². The predicted octanol–water partition coefficient (Wildman–Crippen LogP) is 4.22. The maximum Gasteiger partial charge on any atom is 0.264 e. The SMILES string of the molecule is O=C(Nc1ccccc1F)c1cccc(S(=O)(=O)N2CCCc3ccccc32)c1. The summed E-state index contributed by atoms with van der Waals surface area (Å²) in [6, 6.07) is 19.0. The van der Waals surface area contributed by atoms with Gasteiger partial charge < -0.3 is 5.32 Å². The lowest BCUT2D eigenvalue weighted by Crippen LogP contribution is -2.35.